The van der Waals surface area contributed by atoms with E-state index in [1.807, 2.05) is 84.9 Å². The van der Waals surface area contributed by atoms with Crippen LogP contribution >= 0.6 is 11.6 Å². The Hall–Kier alpha value is -2.58. The van der Waals surface area contributed by atoms with Gasteiger partial charge >= 0.3 is 0 Å². The number of hydrazone groups is 1. The minimum atomic E-state index is 0.682. The molecule has 3 rings (SSSR count). The predicted octanol–water partition coefficient (Wildman–Crippen LogP) is 5.20. The Bertz CT molecular complexity index is 726. The number of anilines is 1. The van der Waals surface area contributed by atoms with E-state index >= 15 is 0 Å². The van der Waals surface area contributed by atoms with Crippen LogP contribution in [0.1, 0.15) is 11.1 Å². The highest BCUT2D eigenvalue weighted by molar-refractivity contribution is 6.30. The van der Waals surface area contributed by atoms with Crippen LogP contribution in [-0.4, -0.2) is 5.71 Å². The summed E-state index contributed by atoms with van der Waals surface area (Å²) in [5, 5.41) is 5.27. The van der Waals surface area contributed by atoms with Crippen LogP contribution in [0.15, 0.2) is 90.0 Å². The molecule has 0 aromatic heterocycles. The zero-order chi connectivity index (χ0) is 15.2. The highest BCUT2D eigenvalue weighted by Crippen LogP contribution is 2.16. The topological polar surface area (TPSA) is 24.4 Å². The Morgan fingerprint density at radius 3 is 1.86 bits per heavy atom. The van der Waals surface area contributed by atoms with Crippen molar-refractivity contribution in [1.29, 1.82) is 0 Å². The third-order valence-electron chi connectivity index (χ3n) is 3.22. The molecule has 0 radical (unpaired) electrons. The average molecular weight is 307 g/mol. The monoisotopic (exact) mass is 306 g/mol. The van der Waals surface area contributed by atoms with Gasteiger partial charge in [-0.15, -0.1) is 0 Å². The lowest BCUT2D eigenvalue weighted by atomic mass is 10.0. The normalized spacial score (nSPS) is 10.0. The van der Waals surface area contributed by atoms with Gasteiger partial charge in [0.2, 0.25) is 0 Å². The van der Waals surface area contributed by atoms with Crippen molar-refractivity contribution in [1.82, 2.24) is 0 Å². The van der Waals surface area contributed by atoms with E-state index < -0.39 is 0 Å². The number of nitrogens with one attached hydrogen (secondary N) is 1. The van der Waals surface area contributed by atoms with Gasteiger partial charge in [0.25, 0.3) is 0 Å². The Balaban J connectivity index is 1.97. The molecule has 1 N–H and O–H groups in total. The van der Waals surface area contributed by atoms with E-state index in [0.29, 0.717) is 5.02 Å². The van der Waals surface area contributed by atoms with Crippen LogP contribution in [0.2, 0.25) is 5.02 Å². The lowest BCUT2D eigenvalue weighted by Crippen LogP contribution is -2.06. The summed E-state index contributed by atoms with van der Waals surface area (Å²) in [7, 11) is 0. The standard InChI is InChI=1S/C19H15ClN2/c20-17-12-7-13-18(14-17)21-22-19(15-8-3-1-4-9-15)16-10-5-2-6-11-16/h1-14,21H. The molecule has 2 nitrogen and oxygen atoms in total. The van der Waals surface area contributed by atoms with Gasteiger partial charge in [-0.1, -0.05) is 78.3 Å². The summed E-state index contributed by atoms with van der Waals surface area (Å²) in [6.07, 6.45) is 0. The van der Waals surface area contributed by atoms with Gasteiger partial charge in [-0.3, -0.25) is 5.43 Å². The van der Waals surface area contributed by atoms with E-state index in [-0.39, 0.29) is 0 Å². The van der Waals surface area contributed by atoms with Crippen LogP contribution in [0.3, 0.4) is 0 Å². The van der Waals surface area contributed by atoms with Crippen LogP contribution < -0.4 is 5.43 Å². The van der Waals surface area contributed by atoms with Gasteiger partial charge in [0, 0.05) is 16.1 Å². The minimum Gasteiger partial charge on any atom is -0.278 e. The van der Waals surface area contributed by atoms with Gasteiger partial charge in [0.05, 0.1) is 11.4 Å². The van der Waals surface area contributed by atoms with Crippen molar-refractivity contribution in [3.8, 4) is 0 Å². The molecule has 0 saturated heterocycles. The van der Waals surface area contributed by atoms with Gasteiger partial charge in [0.15, 0.2) is 0 Å². The molecule has 0 amide bonds. The van der Waals surface area contributed by atoms with Crippen molar-refractivity contribution in [2.75, 3.05) is 5.43 Å². The van der Waals surface area contributed by atoms with Crippen molar-refractivity contribution in [3.05, 3.63) is 101 Å². The lowest BCUT2D eigenvalue weighted by Gasteiger charge is -2.08. The molecule has 22 heavy (non-hydrogen) atoms. The first-order valence-electron chi connectivity index (χ1n) is 7.03. The van der Waals surface area contributed by atoms with Crippen LogP contribution in [-0.2, 0) is 0 Å². The number of nitrogens with zero attached hydrogens (tertiary/aromatic N) is 1. The molecule has 3 aromatic carbocycles. The maximum atomic E-state index is 6.01. The highest BCUT2D eigenvalue weighted by Gasteiger charge is 2.06. The number of hydrogen-bond donors (Lipinski definition) is 1. The molecule has 3 aromatic rings. The van der Waals surface area contributed by atoms with Gasteiger partial charge in [0.1, 0.15) is 0 Å². The van der Waals surface area contributed by atoms with Gasteiger partial charge in [-0.05, 0) is 18.2 Å². The smallest absolute Gasteiger partial charge is 0.0977 e. The summed E-state index contributed by atoms with van der Waals surface area (Å²) < 4.78 is 0. The summed E-state index contributed by atoms with van der Waals surface area (Å²) in [4.78, 5) is 0. The molecule has 0 fully saturated rings. The fourth-order valence-corrected chi connectivity index (χ4v) is 2.36. The molecule has 0 saturated carbocycles. The maximum absolute atomic E-state index is 6.01. The molecule has 0 aliphatic carbocycles. The first kappa shape index (κ1) is 14.4. The molecule has 0 unspecified atom stereocenters. The maximum Gasteiger partial charge on any atom is 0.0977 e. The van der Waals surface area contributed by atoms with Crippen LogP contribution in [0.25, 0.3) is 0 Å². The van der Waals surface area contributed by atoms with Gasteiger partial charge < -0.3 is 0 Å². The summed E-state index contributed by atoms with van der Waals surface area (Å²) >= 11 is 6.01. The second-order valence-electron chi connectivity index (χ2n) is 4.81. The van der Waals surface area contributed by atoms with Crippen molar-refractivity contribution in [2.24, 2.45) is 5.10 Å². The van der Waals surface area contributed by atoms with Gasteiger partial charge in [-0.2, -0.15) is 5.10 Å². The summed E-state index contributed by atoms with van der Waals surface area (Å²) in [5.74, 6) is 0. The number of hydrogen-bond acceptors (Lipinski definition) is 2. The fraction of sp³-hybridized carbons (Fsp3) is 0. The molecular formula is C19H15ClN2. The lowest BCUT2D eigenvalue weighted by molar-refractivity contribution is 1.32. The molecule has 0 aliphatic heterocycles. The van der Waals surface area contributed by atoms with Crippen LogP contribution in [0.5, 0.6) is 0 Å². The van der Waals surface area contributed by atoms with E-state index in [0.717, 1.165) is 22.5 Å². The molecule has 0 heterocycles. The molecular weight excluding hydrogens is 292 g/mol. The molecule has 0 aliphatic rings. The van der Waals surface area contributed by atoms with Gasteiger partial charge in [-0.25, -0.2) is 0 Å². The SMILES string of the molecule is Clc1cccc(NN=C(c2ccccc2)c2ccccc2)c1. The molecule has 3 heteroatoms. The quantitative estimate of drug-likeness (QED) is 0.519. The van der Waals surface area contributed by atoms with E-state index in [4.69, 9.17) is 11.6 Å². The second kappa shape index (κ2) is 6.92. The number of benzene rings is 3. The summed E-state index contributed by atoms with van der Waals surface area (Å²) in [5.41, 5.74) is 6.95. The van der Waals surface area contributed by atoms with E-state index in [9.17, 15) is 0 Å². The second-order valence-corrected chi connectivity index (χ2v) is 5.25. The Kier molecular flexibility index (Phi) is 4.52. The molecule has 108 valence electrons. The van der Waals surface area contributed by atoms with Crippen LogP contribution in [0.4, 0.5) is 5.69 Å². The van der Waals surface area contributed by atoms with Crippen molar-refractivity contribution < 1.29 is 0 Å². The summed E-state index contributed by atoms with van der Waals surface area (Å²) in [6.45, 7) is 0. The predicted molar refractivity (Wildman–Crippen MR) is 93.6 cm³/mol. The molecule has 0 bridgehead atoms. The first-order valence-corrected chi connectivity index (χ1v) is 7.41. The number of halogens is 1. The molecule has 0 atom stereocenters. The zero-order valence-electron chi connectivity index (χ0n) is 11.9. The Morgan fingerprint density at radius 1 is 0.727 bits per heavy atom. The summed E-state index contributed by atoms with van der Waals surface area (Å²) in [6, 6.07) is 27.7. The van der Waals surface area contributed by atoms with E-state index in [2.05, 4.69) is 10.5 Å². The first-order chi connectivity index (χ1) is 10.8. The Morgan fingerprint density at radius 2 is 1.32 bits per heavy atom. The van der Waals surface area contributed by atoms with Crippen molar-refractivity contribution in [2.45, 2.75) is 0 Å². The number of rotatable bonds is 4. The van der Waals surface area contributed by atoms with Crippen LogP contribution in [0, 0.1) is 0 Å². The van der Waals surface area contributed by atoms with Crippen molar-refractivity contribution >= 4 is 23.0 Å². The largest absolute Gasteiger partial charge is 0.278 e. The average Bonchev–Trinajstić information content (AvgIpc) is 2.57. The van der Waals surface area contributed by atoms with E-state index in [1.165, 1.54) is 0 Å². The molecule has 0 spiro atoms. The fourth-order valence-electron chi connectivity index (χ4n) is 2.17. The Labute approximate surface area is 135 Å². The van der Waals surface area contributed by atoms with E-state index in [1.54, 1.807) is 0 Å². The third kappa shape index (κ3) is 3.54. The van der Waals surface area contributed by atoms with Crippen molar-refractivity contribution in [3.63, 3.8) is 0 Å². The highest BCUT2D eigenvalue weighted by atomic mass is 35.5. The minimum absolute atomic E-state index is 0.682. The zero-order valence-corrected chi connectivity index (χ0v) is 12.7. The third-order valence-corrected chi connectivity index (χ3v) is 3.45.